The van der Waals surface area contributed by atoms with Crippen LogP contribution in [0.25, 0.3) is 0 Å². The number of anilines is 2. The number of methoxy groups -OCH3 is 1. The van der Waals surface area contributed by atoms with Gasteiger partial charge in [-0.25, -0.2) is 4.39 Å². The van der Waals surface area contributed by atoms with Crippen LogP contribution in [0.5, 0.6) is 6.01 Å². The second kappa shape index (κ2) is 9.24. The van der Waals surface area contributed by atoms with Crippen LogP contribution >= 0.6 is 11.6 Å². The molecule has 1 fully saturated rings. The van der Waals surface area contributed by atoms with Crippen molar-refractivity contribution in [2.45, 2.75) is 19.1 Å². The van der Waals surface area contributed by atoms with Crippen molar-refractivity contribution in [3.63, 3.8) is 0 Å². The summed E-state index contributed by atoms with van der Waals surface area (Å²) < 4.78 is 59.5. The number of amides is 1. The van der Waals surface area contributed by atoms with Gasteiger partial charge in [0, 0.05) is 44.5 Å². The van der Waals surface area contributed by atoms with Gasteiger partial charge in [0.2, 0.25) is 0 Å². The Hall–Kier alpha value is -3.15. The standard InChI is InChI=1S/C21H21ClF4N6O2/c1-12(23)19(33)31-7-5-30(6-8-31)18-13-3-4-32(11-15(13)28-20(29-18)34-2)16-10-27-9-14(22)17(16)21(24,25)26/h9-10H,1,3-8,11H2,2H3. The van der Waals surface area contributed by atoms with Crippen molar-refractivity contribution in [1.29, 1.82) is 0 Å². The van der Waals surface area contributed by atoms with Crippen LogP contribution in [0.2, 0.25) is 5.02 Å². The Morgan fingerprint density at radius 1 is 1.12 bits per heavy atom. The maximum Gasteiger partial charge on any atom is 0.419 e. The number of carbonyl (C=O) groups is 1. The van der Waals surface area contributed by atoms with Gasteiger partial charge in [0.25, 0.3) is 5.91 Å². The average molecular weight is 501 g/mol. The van der Waals surface area contributed by atoms with Crippen LogP contribution in [-0.2, 0) is 23.9 Å². The van der Waals surface area contributed by atoms with Crippen molar-refractivity contribution in [2.24, 2.45) is 0 Å². The minimum absolute atomic E-state index is 0.0755. The Bertz CT molecular complexity index is 1120. The predicted octanol–water partition coefficient (Wildman–Crippen LogP) is 3.25. The van der Waals surface area contributed by atoms with E-state index in [1.165, 1.54) is 16.9 Å². The van der Waals surface area contributed by atoms with Gasteiger partial charge in [0.05, 0.1) is 36.3 Å². The average Bonchev–Trinajstić information content (AvgIpc) is 2.81. The Balaban J connectivity index is 1.63. The Morgan fingerprint density at radius 2 is 1.82 bits per heavy atom. The summed E-state index contributed by atoms with van der Waals surface area (Å²) >= 11 is 5.84. The smallest absolute Gasteiger partial charge is 0.419 e. The first-order chi connectivity index (χ1) is 16.1. The number of fused-ring (bicyclic) bond motifs is 1. The highest BCUT2D eigenvalue weighted by Crippen LogP contribution is 2.42. The van der Waals surface area contributed by atoms with Gasteiger partial charge < -0.3 is 19.4 Å². The van der Waals surface area contributed by atoms with E-state index in [2.05, 4.69) is 21.5 Å². The molecule has 2 aromatic rings. The monoisotopic (exact) mass is 500 g/mol. The molecule has 182 valence electrons. The number of hydrogen-bond acceptors (Lipinski definition) is 7. The van der Waals surface area contributed by atoms with Crippen LogP contribution < -0.4 is 14.5 Å². The zero-order valence-electron chi connectivity index (χ0n) is 18.2. The first-order valence-electron chi connectivity index (χ1n) is 10.4. The highest BCUT2D eigenvalue weighted by molar-refractivity contribution is 6.31. The zero-order chi connectivity index (χ0) is 24.6. The first-order valence-corrected chi connectivity index (χ1v) is 10.8. The van der Waals surface area contributed by atoms with Crippen LogP contribution in [0, 0.1) is 0 Å². The van der Waals surface area contributed by atoms with Crippen LogP contribution in [0.4, 0.5) is 29.1 Å². The minimum Gasteiger partial charge on any atom is -0.467 e. The summed E-state index contributed by atoms with van der Waals surface area (Å²) in [6.45, 7) is 4.73. The molecule has 0 spiro atoms. The molecular formula is C21H21ClF4N6O2. The number of alkyl halides is 3. The van der Waals surface area contributed by atoms with E-state index in [9.17, 15) is 22.4 Å². The van der Waals surface area contributed by atoms with Crippen molar-refractivity contribution in [1.82, 2.24) is 19.9 Å². The lowest BCUT2D eigenvalue weighted by molar-refractivity contribution is -0.137. The summed E-state index contributed by atoms with van der Waals surface area (Å²) in [6.07, 6.45) is -2.16. The number of hydrogen-bond donors (Lipinski definition) is 0. The molecule has 0 atom stereocenters. The second-order valence-corrected chi connectivity index (χ2v) is 8.24. The van der Waals surface area contributed by atoms with Gasteiger partial charge in [-0.15, -0.1) is 0 Å². The molecule has 0 aliphatic carbocycles. The zero-order valence-corrected chi connectivity index (χ0v) is 19.0. The number of pyridine rings is 1. The number of carbonyl (C=O) groups excluding carboxylic acids is 1. The maximum atomic E-state index is 13.7. The molecule has 1 amide bonds. The normalized spacial score (nSPS) is 16.4. The summed E-state index contributed by atoms with van der Waals surface area (Å²) in [5, 5.41) is -0.472. The molecule has 2 aromatic heterocycles. The highest BCUT2D eigenvalue weighted by atomic mass is 35.5. The third-order valence-corrected chi connectivity index (χ3v) is 6.09. The third kappa shape index (κ3) is 4.59. The quantitative estimate of drug-likeness (QED) is 0.471. The summed E-state index contributed by atoms with van der Waals surface area (Å²) in [4.78, 5) is 29.4. The second-order valence-electron chi connectivity index (χ2n) is 7.83. The third-order valence-electron chi connectivity index (χ3n) is 5.81. The topological polar surface area (TPSA) is 74.7 Å². The van der Waals surface area contributed by atoms with Gasteiger partial charge in [-0.2, -0.15) is 23.1 Å². The Labute approximate surface area is 197 Å². The molecule has 4 rings (SSSR count). The van der Waals surface area contributed by atoms with Gasteiger partial charge in [-0.05, 0) is 6.42 Å². The molecule has 8 nitrogen and oxygen atoms in total. The minimum atomic E-state index is -4.65. The predicted molar refractivity (Wildman–Crippen MR) is 117 cm³/mol. The lowest BCUT2D eigenvalue weighted by Crippen LogP contribution is -2.49. The highest BCUT2D eigenvalue weighted by Gasteiger charge is 2.39. The molecule has 0 radical (unpaired) electrons. The van der Waals surface area contributed by atoms with Crippen LogP contribution in [-0.4, -0.2) is 65.6 Å². The molecule has 1 saturated heterocycles. The molecule has 0 bridgehead atoms. The van der Waals surface area contributed by atoms with Gasteiger partial charge in [-0.3, -0.25) is 9.78 Å². The van der Waals surface area contributed by atoms with E-state index in [1.54, 1.807) is 0 Å². The van der Waals surface area contributed by atoms with Gasteiger partial charge in [0.15, 0.2) is 5.83 Å². The number of nitrogens with zero attached hydrogens (tertiary/aromatic N) is 6. The van der Waals surface area contributed by atoms with Gasteiger partial charge >= 0.3 is 12.2 Å². The van der Waals surface area contributed by atoms with Crippen LogP contribution in [0.3, 0.4) is 0 Å². The molecule has 0 unspecified atom stereocenters. The fourth-order valence-electron chi connectivity index (χ4n) is 4.19. The van der Waals surface area contributed by atoms with Crippen molar-refractivity contribution in [3.05, 3.63) is 46.6 Å². The molecule has 13 heteroatoms. The molecule has 0 N–H and O–H groups in total. The van der Waals surface area contributed by atoms with E-state index in [0.29, 0.717) is 31.0 Å². The molecule has 4 heterocycles. The number of aromatic nitrogens is 3. The van der Waals surface area contributed by atoms with E-state index in [1.807, 2.05) is 4.90 Å². The van der Waals surface area contributed by atoms with E-state index < -0.39 is 28.5 Å². The SMILES string of the molecule is C=C(F)C(=O)N1CCN(c2nc(OC)nc3c2CCN(c2cncc(Cl)c2C(F)(F)F)C3)CC1. The molecule has 2 aliphatic heterocycles. The molecule has 0 saturated carbocycles. The van der Waals surface area contributed by atoms with E-state index >= 15 is 0 Å². The lowest BCUT2D eigenvalue weighted by atomic mass is 10.0. The number of ether oxygens (including phenoxy) is 1. The Kier molecular flexibility index (Phi) is 6.52. The van der Waals surface area contributed by atoms with Crippen molar-refractivity contribution >= 4 is 29.0 Å². The van der Waals surface area contributed by atoms with E-state index in [0.717, 1.165) is 18.0 Å². The summed E-state index contributed by atoms with van der Waals surface area (Å²) in [5.41, 5.74) is 0.250. The summed E-state index contributed by atoms with van der Waals surface area (Å²) in [6, 6.07) is 0.0755. The molecular weight excluding hydrogens is 480 g/mol. The first kappa shape index (κ1) is 24.0. The van der Waals surface area contributed by atoms with E-state index in [-0.39, 0.29) is 37.9 Å². The number of halogens is 5. The van der Waals surface area contributed by atoms with E-state index in [4.69, 9.17) is 16.3 Å². The molecule has 34 heavy (non-hydrogen) atoms. The van der Waals surface area contributed by atoms with Crippen LogP contribution in [0.15, 0.2) is 24.8 Å². The molecule has 2 aliphatic rings. The number of rotatable bonds is 4. The summed E-state index contributed by atoms with van der Waals surface area (Å²) in [5.74, 6) is -1.16. The maximum absolute atomic E-state index is 13.7. The van der Waals surface area contributed by atoms with Crippen molar-refractivity contribution in [2.75, 3.05) is 49.6 Å². The van der Waals surface area contributed by atoms with Crippen molar-refractivity contribution in [3.8, 4) is 6.01 Å². The number of piperazine rings is 1. The largest absolute Gasteiger partial charge is 0.467 e. The Morgan fingerprint density at radius 3 is 2.44 bits per heavy atom. The fraction of sp³-hybridized carbons (Fsp3) is 0.429. The van der Waals surface area contributed by atoms with Crippen LogP contribution in [0.1, 0.15) is 16.8 Å². The fourth-order valence-corrected chi connectivity index (χ4v) is 4.45. The lowest BCUT2D eigenvalue weighted by Gasteiger charge is -2.38. The summed E-state index contributed by atoms with van der Waals surface area (Å²) in [7, 11) is 1.40. The molecule has 0 aromatic carbocycles. The van der Waals surface area contributed by atoms with Gasteiger partial charge in [-0.1, -0.05) is 18.2 Å². The van der Waals surface area contributed by atoms with Crippen molar-refractivity contribution < 1.29 is 27.1 Å². The van der Waals surface area contributed by atoms with Gasteiger partial charge in [0.1, 0.15) is 11.4 Å².